The van der Waals surface area contributed by atoms with Crippen LogP contribution in [0.5, 0.6) is 0 Å². The van der Waals surface area contributed by atoms with E-state index < -0.39 is 11.7 Å². The highest BCUT2D eigenvalue weighted by atomic mass is 16.6. The van der Waals surface area contributed by atoms with Crippen LogP contribution < -0.4 is 16.0 Å². The third-order valence-corrected chi connectivity index (χ3v) is 2.27. The molecule has 0 saturated heterocycles. The van der Waals surface area contributed by atoms with Gasteiger partial charge in [0.1, 0.15) is 5.60 Å². The Hall–Kier alpha value is -2.05. The van der Waals surface area contributed by atoms with E-state index in [1.807, 2.05) is 26.8 Å². The zero-order chi connectivity index (χ0) is 18.1. The van der Waals surface area contributed by atoms with E-state index in [1.54, 1.807) is 20.8 Å². The molecule has 0 atom stereocenters. The van der Waals surface area contributed by atoms with Crippen molar-refractivity contribution in [3.05, 3.63) is 12.2 Å². The van der Waals surface area contributed by atoms with Crippen molar-refractivity contribution in [2.24, 2.45) is 5.41 Å². The van der Waals surface area contributed by atoms with Gasteiger partial charge in [0.05, 0.1) is 6.54 Å². The first-order chi connectivity index (χ1) is 10.4. The van der Waals surface area contributed by atoms with Crippen LogP contribution in [0.3, 0.4) is 0 Å². The SMILES string of the molecule is CC(C)(C)/C=C/C(=O)NCCNC(=O)CNC(=O)OC(C)(C)C. The summed E-state index contributed by atoms with van der Waals surface area (Å²) < 4.78 is 5.00. The number of hydrogen-bond acceptors (Lipinski definition) is 4. The molecule has 23 heavy (non-hydrogen) atoms. The predicted octanol–water partition coefficient (Wildman–Crippen LogP) is 1.35. The van der Waals surface area contributed by atoms with E-state index in [4.69, 9.17) is 4.74 Å². The van der Waals surface area contributed by atoms with Gasteiger partial charge in [0.2, 0.25) is 11.8 Å². The van der Waals surface area contributed by atoms with Crippen molar-refractivity contribution in [2.45, 2.75) is 47.1 Å². The van der Waals surface area contributed by atoms with Gasteiger partial charge in [-0.25, -0.2) is 4.79 Å². The van der Waals surface area contributed by atoms with Gasteiger partial charge >= 0.3 is 6.09 Å². The van der Waals surface area contributed by atoms with E-state index in [9.17, 15) is 14.4 Å². The Morgan fingerprint density at radius 3 is 2.00 bits per heavy atom. The summed E-state index contributed by atoms with van der Waals surface area (Å²) in [5, 5.41) is 7.59. The highest BCUT2D eigenvalue weighted by molar-refractivity contribution is 5.87. The molecule has 132 valence electrons. The normalized spacial score (nSPS) is 11.9. The molecule has 0 saturated carbocycles. The van der Waals surface area contributed by atoms with Crippen LogP contribution in [0.15, 0.2) is 12.2 Å². The van der Waals surface area contributed by atoms with E-state index >= 15 is 0 Å². The molecule has 3 N–H and O–H groups in total. The maximum atomic E-state index is 11.5. The van der Waals surface area contributed by atoms with Crippen molar-refractivity contribution in [1.82, 2.24) is 16.0 Å². The van der Waals surface area contributed by atoms with Crippen molar-refractivity contribution >= 4 is 17.9 Å². The second-order valence-electron chi connectivity index (χ2n) is 7.20. The van der Waals surface area contributed by atoms with Gasteiger partial charge in [0.25, 0.3) is 0 Å². The Kier molecular flexibility index (Phi) is 8.35. The molecular formula is C16H29N3O4. The first-order valence-corrected chi connectivity index (χ1v) is 7.60. The van der Waals surface area contributed by atoms with Gasteiger partial charge in [-0.05, 0) is 32.3 Å². The number of carbonyl (C=O) groups is 3. The number of carbonyl (C=O) groups excluding carboxylic acids is 3. The fourth-order valence-corrected chi connectivity index (χ4v) is 1.30. The van der Waals surface area contributed by atoms with Crippen molar-refractivity contribution in [2.75, 3.05) is 19.6 Å². The Morgan fingerprint density at radius 1 is 0.913 bits per heavy atom. The zero-order valence-corrected chi connectivity index (χ0v) is 14.9. The van der Waals surface area contributed by atoms with Crippen molar-refractivity contribution < 1.29 is 19.1 Å². The molecule has 0 aliphatic rings. The lowest BCUT2D eigenvalue weighted by Gasteiger charge is -2.19. The third-order valence-electron chi connectivity index (χ3n) is 2.27. The number of alkyl carbamates (subject to hydrolysis) is 1. The first-order valence-electron chi connectivity index (χ1n) is 7.60. The molecule has 0 aromatic carbocycles. The molecular weight excluding hydrogens is 298 g/mol. The third kappa shape index (κ3) is 14.6. The largest absolute Gasteiger partial charge is 0.444 e. The lowest BCUT2D eigenvalue weighted by atomic mass is 9.96. The first kappa shape index (κ1) is 20.9. The summed E-state index contributed by atoms with van der Waals surface area (Å²) in [7, 11) is 0. The molecule has 0 unspecified atom stereocenters. The molecule has 0 heterocycles. The van der Waals surface area contributed by atoms with Gasteiger partial charge < -0.3 is 20.7 Å². The fraction of sp³-hybridized carbons (Fsp3) is 0.688. The summed E-state index contributed by atoms with van der Waals surface area (Å²) in [6.07, 6.45) is 2.64. The van der Waals surface area contributed by atoms with Gasteiger partial charge in [-0.15, -0.1) is 0 Å². The highest BCUT2D eigenvalue weighted by Crippen LogP contribution is 2.13. The van der Waals surface area contributed by atoms with Gasteiger partial charge in [-0.3, -0.25) is 9.59 Å². The topological polar surface area (TPSA) is 96.5 Å². The van der Waals surface area contributed by atoms with Crippen LogP contribution in [-0.4, -0.2) is 43.1 Å². The molecule has 0 radical (unpaired) electrons. The van der Waals surface area contributed by atoms with E-state index in [2.05, 4.69) is 16.0 Å². The predicted molar refractivity (Wildman–Crippen MR) is 88.9 cm³/mol. The molecule has 0 aliphatic carbocycles. The Labute approximate surface area is 138 Å². The molecule has 3 amide bonds. The average Bonchev–Trinajstić information content (AvgIpc) is 2.36. The Bertz CT molecular complexity index is 445. The number of allylic oxidation sites excluding steroid dienone is 1. The van der Waals surface area contributed by atoms with E-state index in [0.29, 0.717) is 6.54 Å². The minimum absolute atomic E-state index is 0.0567. The number of amides is 3. The lowest BCUT2D eigenvalue weighted by Crippen LogP contribution is -2.41. The molecule has 0 fully saturated rings. The number of nitrogens with one attached hydrogen (secondary N) is 3. The quantitative estimate of drug-likeness (QED) is 0.507. The lowest BCUT2D eigenvalue weighted by molar-refractivity contribution is -0.120. The molecule has 0 rings (SSSR count). The van der Waals surface area contributed by atoms with E-state index in [-0.39, 0.29) is 30.3 Å². The van der Waals surface area contributed by atoms with Crippen LogP contribution in [-0.2, 0) is 14.3 Å². The Morgan fingerprint density at radius 2 is 1.48 bits per heavy atom. The highest BCUT2D eigenvalue weighted by Gasteiger charge is 2.16. The molecule has 0 bridgehead atoms. The van der Waals surface area contributed by atoms with Gasteiger partial charge in [-0.2, -0.15) is 0 Å². The summed E-state index contributed by atoms with van der Waals surface area (Å²) in [4.78, 5) is 34.4. The molecule has 0 aliphatic heterocycles. The van der Waals surface area contributed by atoms with E-state index in [0.717, 1.165) is 0 Å². The van der Waals surface area contributed by atoms with Crippen LogP contribution in [0.1, 0.15) is 41.5 Å². The summed E-state index contributed by atoms with van der Waals surface area (Å²) in [6, 6.07) is 0. The average molecular weight is 327 g/mol. The molecule has 0 spiro atoms. The molecule has 7 nitrogen and oxygen atoms in total. The van der Waals surface area contributed by atoms with Gasteiger partial charge in [-0.1, -0.05) is 26.8 Å². The monoisotopic (exact) mass is 327 g/mol. The molecule has 7 heteroatoms. The van der Waals surface area contributed by atoms with Crippen LogP contribution in [0, 0.1) is 5.41 Å². The second-order valence-corrected chi connectivity index (χ2v) is 7.20. The summed E-state index contributed by atoms with van der Waals surface area (Å²) in [5.41, 5.74) is -0.662. The summed E-state index contributed by atoms with van der Waals surface area (Å²) >= 11 is 0. The van der Waals surface area contributed by atoms with Crippen LogP contribution >= 0.6 is 0 Å². The smallest absolute Gasteiger partial charge is 0.408 e. The zero-order valence-electron chi connectivity index (χ0n) is 14.9. The van der Waals surface area contributed by atoms with Crippen LogP contribution in [0.25, 0.3) is 0 Å². The number of hydrogen-bond donors (Lipinski definition) is 3. The van der Waals surface area contributed by atoms with Gasteiger partial charge in [0.15, 0.2) is 0 Å². The summed E-state index contributed by atoms with van der Waals surface area (Å²) in [6.45, 7) is 11.6. The Balaban J connectivity index is 3.82. The van der Waals surface area contributed by atoms with Crippen LogP contribution in [0.4, 0.5) is 4.79 Å². The number of rotatable bonds is 6. The fourth-order valence-electron chi connectivity index (χ4n) is 1.30. The van der Waals surface area contributed by atoms with Gasteiger partial charge in [0, 0.05) is 13.1 Å². The standard InChI is InChI=1S/C16H29N3O4/c1-15(2,3)8-7-12(20)17-9-10-18-13(21)11-19-14(22)23-16(4,5)6/h7-8H,9-11H2,1-6H3,(H,17,20)(H,18,21)(H,19,22)/b8-7+. The van der Waals surface area contributed by atoms with E-state index in [1.165, 1.54) is 6.08 Å². The maximum Gasteiger partial charge on any atom is 0.408 e. The maximum absolute atomic E-state index is 11.5. The van der Waals surface area contributed by atoms with Crippen LogP contribution in [0.2, 0.25) is 0 Å². The second kappa shape index (κ2) is 9.17. The van der Waals surface area contributed by atoms with Crippen molar-refractivity contribution in [1.29, 1.82) is 0 Å². The summed E-state index contributed by atoms with van der Waals surface area (Å²) in [5.74, 6) is -0.559. The number of ether oxygens (including phenoxy) is 1. The molecule has 0 aromatic rings. The minimum Gasteiger partial charge on any atom is -0.444 e. The minimum atomic E-state index is -0.645. The van der Waals surface area contributed by atoms with Crippen molar-refractivity contribution in [3.8, 4) is 0 Å². The van der Waals surface area contributed by atoms with Crippen molar-refractivity contribution in [3.63, 3.8) is 0 Å². The molecule has 0 aromatic heterocycles.